The molecule has 1 heterocycles. The largest absolute Gasteiger partial charge is 0.357 e. The van der Waals surface area contributed by atoms with Gasteiger partial charge in [0.25, 0.3) is 0 Å². The first-order valence-corrected chi connectivity index (χ1v) is 7.23. The molecular weight excluding hydrogens is 274 g/mol. The summed E-state index contributed by atoms with van der Waals surface area (Å²) in [6, 6.07) is 15.4. The fourth-order valence-electron chi connectivity index (χ4n) is 1.87. The first-order chi connectivity index (χ1) is 10.8. The molecule has 0 spiro atoms. The quantitative estimate of drug-likeness (QED) is 0.655. The number of hydrogen-bond acceptors (Lipinski definition) is 3. The summed E-state index contributed by atoms with van der Waals surface area (Å²) in [5.74, 6) is 0.748. The maximum atomic E-state index is 8.79. The van der Waals surface area contributed by atoms with E-state index in [9.17, 15) is 0 Å². The third-order valence-electron chi connectivity index (χ3n) is 3.01. The lowest BCUT2D eigenvalue weighted by Gasteiger charge is -2.11. The fraction of sp³-hybridized carbons (Fsp3) is 0.235. The van der Waals surface area contributed by atoms with Crippen molar-refractivity contribution in [3.8, 4) is 6.07 Å². The molecule has 5 nitrogen and oxygen atoms in total. The summed E-state index contributed by atoms with van der Waals surface area (Å²) in [5.41, 5.74) is 2.69. The van der Waals surface area contributed by atoms with E-state index < -0.39 is 0 Å². The molecule has 0 aliphatic heterocycles. The van der Waals surface area contributed by atoms with E-state index in [0.717, 1.165) is 23.8 Å². The Labute approximate surface area is 130 Å². The summed E-state index contributed by atoms with van der Waals surface area (Å²) in [5, 5.41) is 15.2. The molecule has 2 N–H and O–H groups in total. The molecule has 1 aromatic heterocycles. The Bertz CT molecular complexity index is 641. The molecule has 0 aliphatic carbocycles. The van der Waals surface area contributed by atoms with Crippen molar-refractivity contribution in [1.29, 1.82) is 5.26 Å². The first-order valence-electron chi connectivity index (χ1n) is 7.23. The number of aliphatic imine (C=N–C) groups is 1. The van der Waals surface area contributed by atoms with Crippen molar-refractivity contribution < 1.29 is 0 Å². The molecule has 0 fully saturated rings. The Morgan fingerprint density at radius 3 is 2.64 bits per heavy atom. The maximum Gasteiger partial charge on any atom is 0.191 e. The molecule has 1 aromatic carbocycles. The maximum absolute atomic E-state index is 8.79. The highest BCUT2D eigenvalue weighted by Crippen LogP contribution is 2.04. The number of nitrogens with one attached hydrogen (secondary N) is 2. The Morgan fingerprint density at radius 2 is 2.00 bits per heavy atom. The summed E-state index contributed by atoms with van der Waals surface area (Å²) in [6.07, 6.45) is 1.78. The Kier molecular flexibility index (Phi) is 5.94. The lowest BCUT2D eigenvalue weighted by Crippen LogP contribution is -2.36. The number of aromatic nitrogens is 1. The SMILES string of the molecule is CCNC(=NCc1ccc(C#N)cc1)NCc1ccccn1. The summed E-state index contributed by atoms with van der Waals surface area (Å²) < 4.78 is 0. The number of pyridine rings is 1. The number of nitriles is 1. The van der Waals surface area contributed by atoms with Gasteiger partial charge in [0, 0.05) is 12.7 Å². The second kappa shape index (κ2) is 8.42. The third kappa shape index (κ3) is 4.91. The summed E-state index contributed by atoms with van der Waals surface area (Å²) in [4.78, 5) is 8.81. The molecule has 0 saturated heterocycles. The highest BCUT2D eigenvalue weighted by Gasteiger charge is 1.99. The van der Waals surface area contributed by atoms with E-state index in [-0.39, 0.29) is 0 Å². The Morgan fingerprint density at radius 1 is 1.18 bits per heavy atom. The van der Waals surface area contributed by atoms with Crippen LogP contribution in [0.5, 0.6) is 0 Å². The second-order valence-corrected chi connectivity index (χ2v) is 4.68. The number of rotatable bonds is 5. The topological polar surface area (TPSA) is 73.1 Å². The van der Waals surface area contributed by atoms with E-state index in [1.165, 1.54) is 0 Å². The van der Waals surface area contributed by atoms with Crippen molar-refractivity contribution in [1.82, 2.24) is 15.6 Å². The van der Waals surface area contributed by atoms with Gasteiger partial charge in [-0.25, -0.2) is 4.99 Å². The van der Waals surface area contributed by atoms with Gasteiger partial charge in [-0.2, -0.15) is 5.26 Å². The molecule has 0 bridgehead atoms. The minimum absolute atomic E-state index is 0.559. The highest BCUT2D eigenvalue weighted by atomic mass is 15.2. The average molecular weight is 293 g/mol. The van der Waals surface area contributed by atoms with Crippen molar-refractivity contribution in [2.24, 2.45) is 4.99 Å². The second-order valence-electron chi connectivity index (χ2n) is 4.68. The minimum Gasteiger partial charge on any atom is -0.357 e. The van der Waals surface area contributed by atoms with E-state index in [1.54, 1.807) is 18.3 Å². The van der Waals surface area contributed by atoms with Crippen molar-refractivity contribution in [2.45, 2.75) is 20.0 Å². The summed E-state index contributed by atoms with van der Waals surface area (Å²) in [6.45, 7) is 4.00. The highest BCUT2D eigenvalue weighted by molar-refractivity contribution is 5.79. The summed E-state index contributed by atoms with van der Waals surface area (Å²) in [7, 11) is 0. The van der Waals surface area contributed by atoms with Crippen LogP contribution in [0.2, 0.25) is 0 Å². The molecule has 5 heteroatoms. The van der Waals surface area contributed by atoms with E-state index in [0.29, 0.717) is 18.7 Å². The van der Waals surface area contributed by atoms with Gasteiger partial charge in [0.15, 0.2) is 5.96 Å². The van der Waals surface area contributed by atoms with Crippen LogP contribution in [0.1, 0.15) is 23.7 Å². The van der Waals surface area contributed by atoms with Gasteiger partial charge in [-0.05, 0) is 36.8 Å². The minimum atomic E-state index is 0.559. The van der Waals surface area contributed by atoms with E-state index >= 15 is 0 Å². The molecular formula is C17H19N5. The van der Waals surface area contributed by atoms with Crippen LogP contribution < -0.4 is 10.6 Å². The number of guanidine groups is 1. The van der Waals surface area contributed by atoms with Gasteiger partial charge in [-0.1, -0.05) is 18.2 Å². The van der Waals surface area contributed by atoms with Crippen LogP contribution in [0.25, 0.3) is 0 Å². The zero-order valence-electron chi connectivity index (χ0n) is 12.6. The van der Waals surface area contributed by atoms with Crippen LogP contribution in [0, 0.1) is 11.3 Å². The average Bonchev–Trinajstić information content (AvgIpc) is 2.59. The van der Waals surface area contributed by atoms with E-state index in [1.807, 2.05) is 37.3 Å². The van der Waals surface area contributed by atoms with Crippen LogP contribution >= 0.6 is 0 Å². The van der Waals surface area contributed by atoms with Crippen LogP contribution in [-0.2, 0) is 13.1 Å². The smallest absolute Gasteiger partial charge is 0.191 e. The lowest BCUT2D eigenvalue weighted by atomic mass is 10.1. The molecule has 0 saturated carbocycles. The van der Waals surface area contributed by atoms with Gasteiger partial charge in [0.2, 0.25) is 0 Å². The molecule has 0 amide bonds. The van der Waals surface area contributed by atoms with Crippen molar-refractivity contribution >= 4 is 5.96 Å². The predicted molar refractivity (Wildman–Crippen MR) is 87.0 cm³/mol. The lowest BCUT2D eigenvalue weighted by molar-refractivity contribution is 0.799. The fourth-order valence-corrected chi connectivity index (χ4v) is 1.87. The number of benzene rings is 1. The van der Waals surface area contributed by atoms with Gasteiger partial charge in [0.05, 0.1) is 30.4 Å². The molecule has 112 valence electrons. The van der Waals surface area contributed by atoms with Gasteiger partial charge < -0.3 is 10.6 Å². The van der Waals surface area contributed by atoms with Crippen molar-refractivity contribution in [3.05, 3.63) is 65.5 Å². The molecule has 0 unspecified atom stereocenters. The number of nitrogens with zero attached hydrogens (tertiary/aromatic N) is 3. The zero-order chi connectivity index (χ0) is 15.6. The van der Waals surface area contributed by atoms with Crippen molar-refractivity contribution in [3.63, 3.8) is 0 Å². The monoisotopic (exact) mass is 293 g/mol. The molecule has 2 rings (SSSR count). The standard InChI is InChI=1S/C17H19N5/c1-2-19-17(22-13-16-5-3-4-10-20-16)21-12-15-8-6-14(11-18)7-9-15/h3-10H,2,12-13H2,1H3,(H2,19,21,22). The normalized spacial score (nSPS) is 10.8. The van der Waals surface area contributed by atoms with Crippen molar-refractivity contribution in [2.75, 3.05) is 6.54 Å². The molecule has 0 radical (unpaired) electrons. The van der Waals surface area contributed by atoms with Gasteiger partial charge in [-0.3, -0.25) is 4.98 Å². The molecule has 0 aliphatic rings. The predicted octanol–water partition coefficient (Wildman–Crippen LogP) is 2.21. The van der Waals surface area contributed by atoms with Gasteiger partial charge >= 0.3 is 0 Å². The van der Waals surface area contributed by atoms with E-state index in [4.69, 9.17) is 5.26 Å². The molecule has 2 aromatic rings. The van der Waals surface area contributed by atoms with Crippen LogP contribution in [0.4, 0.5) is 0 Å². The zero-order valence-corrected chi connectivity index (χ0v) is 12.6. The van der Waals surface area contributed by atoms with Gasteiger partial charge in [0.1, 0.15) is 0 Å². The van der Waals surface area contributed by atoms with E-state index in [2.05, 4.69) is 26.7 Å². The Balaban J connectivity index is 1.95. The Hall–Kier alpha value is -2.87. The first kappa shape index (κ1) is 15.5. The number of hydrogen-bond donors (Lipinski definition) is 2. The van der Waals surface area contributed by atoms with Crippen LogP contribution in [0.15, 0.2) is 53.7 Å². The molecule has 22 heavy (non-hydrogen) atoms. The van der Waals surface area contributed by atoms with Gasteiger partial charge in [-0.15, -0.1) is 0 Å². The third-order valence-corrected chi connectivity index (χ3v) is 3.01. The van der Waals surface area contributed by atoms with Crippen LogP contribution in [-0.4, -0.2) is 17.5 Å². The molecule has 0 atom stereocenters. The van der Waals surface area contributed by atoms with Crippen LogP contribution in [0.3, 0.4) is 0 Å². The summed E-state index contributed by atoms with van der Waals surface area (Å²) >= 11 is 0.